The Hall–Kier alpha value is -1.95. The van der Waals surface area contributed by atoms with Gasteiger partial charge in [-0.3, -0.25) is 14.5 Å². The number of carbonyl (C=O) groups excluding carboxylic acids is 2. The molecule has 3 rings (SSSR count). The second kappa shape index (κ2) is 4.56. The summed E-state index contributed by atoms with van der Waals surface area (Å²) in [7, 11) is -2.18. The Balaban J connectivity index is 1.81. The van der Waals surface area contributed by atoms with Crippen molar-refractivity contribution in [1.29, 1.82) is 0 Å². The monoisotopic (exact) mass is 291 g/mol. The van der Waals surface area contributed by atoms with Crippen molar-refractivity contribution in [3.8, 4) is 0 Å². The molecule has 1 aromatic rings. The van der Waals surface area contributed by atoms with Crippen LogP contribution in [0.25, 0.3) is 0 Å². The molecular formula is C14H13NO4S. The molecule has 1 aliphatic heterocycles. The molecule has 0 atom stereocenters. The molecular weight excluding hydrogens is 278 g/mol. The van der Waals surface area contributed by atoms with E-state index in [1.54, 1.807) is 31.2 Å². The van der Waals surface area contributed by atoms with E-state index < -0.39 is 10.3 Å². The number of rotatable bonds is 2. The molecule has 0 bridgehead atoms. The standard InChI is InChI=1S/C14H13NO4S/c1-8(20(18)19)9-6-10(7-9)15-13(16)11-4-2-3-5-12(11)14(15)17/h2-5,9-10H,6-7H2,1H3. The van der Waals surface area contributed by atoms with E-state index in [9.17, 15) is 18.0 Å². The van der Waals surface area contributed by atoms with Crippen LogP contribution in [-0.4, -0.2) is 36.0 Å². The van der Waals surface area contributed by atoms with Gasteiger partial charge in [0.1, 0.15) is 0 Å². The highest BCUT2D eigenvalue weighted by Crippen LogP contribution is 2.37. The number of benzene rings is 1. The zero-order valence-electron chi connectivity index (χ0n) is 10.9. The summed E-state index contributed by atoms with van der Waals surface area (Å²) in [6.45, 7) is 1.58. The Labute approximate surface area is 117 Å². The molecule has 1 heterocycles. The van der Waals surface area contributed by atoms with Crippen LogP contribution in [0.2, 0.25) is 0 Å². The fourth-order valence-corrected chi connectivity index (χ4v) is 3.27. The molecule has 1 aromatic carbocycles. The van der Waals surface area contributed by atoms with Crippen LogP contribution in [0.5, 0.6) is 0 Å². The molecule has 0 spiro atoms. The lowest BCUT2D eigenvalue weighted by Gasteiger charge is -2.39. The summed E-state index contributed by atoms with van der Waals surface area (Å²) < 4.78 is 21.8. The fourth-order valence-electron chi connectivity index (χ4n) is 2.81. The summed E-state index contributed by atoms with van der Waals surface area (Å²) in [4.78, 5) is 26.1. The van der Waals surface area contributed by atoms with Gasteiger partial charge < -0.3 is 0 Å². The summed E-state index contributed by atoms with van der Waals surface area (Å²) in [5.41, 5.74) is 0.878. The minimum atomic E-state index is -2.18. The van der Waals surface area contributed by atoms with Crippen molar-refractivity contribution in [2.75, 3.05) is 0 Å². The average molecular weight is 291 g/mol. The summed E-state index contributed by atoms with van der Waals surface area (Å²) in [6, 6.07) is 6.57. The van der Waals surface area contributed by atoms with E-state index in [0.29, 0.717) is 28.8 Å². The highest BCUT2D eigenvalue weighted by molar-refractivity contribution is 7.72. The quantitative estimate of drug-likeness (QED) is 0.605. The second-order valence-corrected chi connectivity index (χ2v) is 6.31. The molecule has 2 amide bonds. The van der Waals surface area contributed by atoms with Crippen LogP contribution < -0.4 is 0 Å². The number of hydrogen-bond donors (Lipinski definition) is 0. The Morgan fingerprint density at radius 3 is 2.05 bits per heavy atom. The lowest BCUT2D eigenvalue weighted by atomic mass is 9.77. The van der Waals surface area contributed by atoms with Crippen LogP contribution in [0.4, 0.5) is 0 Å². The van der Waals surface area contributed by atoms with Crippen LogP contribution in [0.3, 0.4) is 0 Å². The molecule has 1 aliphatic carbocycles. The number of fused-ring (bicyclic) bond motifs is 1. The van der Waals surface area contributed by atoms with Crippen LogP contribution >= 0.6 is 0 Å². The highest BCUT2D eigenvalue weighted by Gasteiger charge is 2.45. The molecule has 0 radical (unpaired) electrons. The number of hydrogen-bond acceptors (Lipinski definition) is 4. The third-order valence-electron chi connectivity index (χ3n) is 4.14. The van der Waals surface area contributed by atoms with E-state index in [1.165, 1.54) is 4.90 Å². The minimum absolute atomic E-state index is 0.0531. The SMILES string of the molecule is CC(C1CC(N2C(=O)c3ccccc3C2=O)C1)=S(=O)=O. The van der Waals surface area contributed by atoms with Crippen molar-refractivity contribution in [3.05, 3.63) is 35.4 Å². The fraction of sp³-hybridized carbons (Fsp3) is 0.357. The topological polar surface area (TPSA) is 71.5 Å². The average Bonchev–Trinajstić information content (AvgIpc) is 2.62. The normalized spacial score (nSPS) is 24.4. The predicted octanol–water partition coefficient (Wildman–Crippen LogP) is 1.13. The second-order valence-electron chi connectivity index (χ2n) is 5.19. The Bertz CT molecular complexity index is 701. The van der Waals surface area contributed by atoms with Crippen molar-refractivity contribution in [2.45, 2.75) is 25.8 Å². The van der Waals surface area contributed by atoms with Gasteiger partial charge in [-0.25, -0.2) is 0 Å². The molecule has 5 nitrogen and oxygen atoms in total. The Morgan fingerprint density at radius 2 is 1.60 bits per heavy atom. The molecule has 104 valence electrons. The van der Waals surface area contributed by atoms with E-state index >= 15 is 0 Å². The van der Waals surface area contributed by atoms with E-state index in [2.05, 4.69) is 0 Å². The number of imide groups is 1. The van der Waals surface area contributed by atoms with E-state index in [0.717, 1.165) is 0 Å². The van der Waals surface area contributed by atoms with Crippen LogP contribution in [0.1, 0.15) is 40.5 Å². The maximum absolute atomic E-state index is 12.2. The molecule has 0 N–H and O–H groups in total. The van der Waals surface area contributed by atoms with Crippen molar-refractivity contribution >= 4 is 27.0 Å². The first kappa shape index (κ1) is 13.1. The van der Waals surface area contributed by atoms with Crippen molar-refractivity contribution in [1.82, 2.24) is 4.90 Å². The van der Waals surface area contributed by atoms with Crippen LogP contribution in [0.15, 0.2) is 24.3 Å². The Morgan fingerprint density at radius 1 is 1.10 bits per heavy atom. The largest absolute Gasteiger partial charge is 0.271 e. The van der Waals surface area contributed by atoms with E-state index in [4.69, 9.17) is 0 Å². The molecule has 0 aromatic heterocycles. The summed E-state index contributed by atoms with van der Waals surface area (Å²) in [5.74, 6) is -0.590. The Kier molecular flexibility index (Phi) is 2.97. The van der Waals surface area contributed by atoms with Gasteiger partial charge in [-0.2, -0.15) is 8.42 Å². The van der Waals surface area contributed by atoms with Gasteiger partial charge >= 0.3 is 0 Å². The molecule has 0 unspecified atom stereocenters. The van der Waals surface area contributed by atoms with E-state index in [1.807, 2.05) is 0 Å². The molecule has 1 fully saturated rings. The first-order valence-electron chi connectivity index (χ1n) is 6.40. The zero-order chi connectivity index (χ0) is 14.4. The lowest BCUT2D eigenvalue weighted by Crippen LogP contribution is -2.49. The molecule has 1 saturated carbocycles. The smallest absolute Gasteiger partial charge is 0.261 e. The first-order chi connectivity index (χ1) is 9.50. The van der Waals surface area contributed by atoms with Crippen molar-refractivity contribution in [3.63, 3.8) is 0 Å². The summed E-state index contributed by atoms with van der Waals surface area (Å²) >= 11 is 0. The van der Waals surface area contributed by atoms with Gasteiger partial charge in [0, 0.05) is 10.9 Å². The number of amides is 2. The van der Waals surface area contributed by atoms with Crippen LogP contribution in [-0.2, 0) is 10.3 Å². The number of carbonyl (C=O) groups is 2. The van der Waals surface area contributed by atoms with Gasteiger partial charge in [0.25, 0.3) is 11.8 Å². The third kappa shape index (κ3) is 1.79. The lowest BCUT2D eigenvalue weighted by molar-refractivity contribution is 0.0471. The number of nitrogens with zero attached hydrogens (tertiary/aromatic N) is 1. The molecule has 0 saturated heterocycles. The zero-order valence-corrected chi connectivity index (χ0v) is 11.7. The first-order valence-corrected chi connectivity index (χ1v) is 7.48. The van der Waals surface area contributed by atoms with Crippen molar-refractivity contribution < 1.29 is 18.0 Å². The van der Waals surface area contributed by atoms with Gasteiger partial charge in [0.15, 0.2) is 0 Å². The maximum Gasteiger partial charge on any atom is 0.261 e. The van der Waals surface area contributed by atoms with E-state index in [-0.39, 0.29) is 23.8 Å². The molecule has 20 heavy (non-hydrogen) atoms. The predicted molar refractivity (Wildman–Crippen MR) is 73.1 cm³/mol. The third-order valence-corrected chi connectivity index (χ3v) is 5.00. The van der Waals surface area contributed by atoms with Gasteiger partial charge in [-0.15, -0.1) is 0 Å². The van der Waals surface area contributed by atoms with Gasteiger partial charge in [0.05, 0.1) is 11.1 Å². The molecule has 2 aliphatic rings. The minimum Gasteiger partial charge on any atom is -0.271 e. The maximum atomic E-state index is 12.2. The van der Waals surface area contributed by atoms with Crippen LogP contribution in [0, 0.1) is 5.92 Å². The highest BCUT2D eigenvalue weighted by atomic mass is 32.2. The van der Waals surface area contributed by atoms with Crippen molar-refractivity contribution in [2.24, 2.45) is 5.92 Å². The van der Waals surface area contributed by atoms with Gasteiger partial charge in [0.2, 0.25) is 10.3 Å². The van der Waals surface area contributed by atoms with Gasteiger partial charge in [-0.05, 0) is 37.8 Å². The van der Waals surface area contributed by atoms with Gasteiger partial charge in [-0.1, -0.05) is 12.1 Å². The summed E-state index contributed by atoms with van der Waals surface area (Å²) in [5, 5.41) is 0. The summed E-state index contributed by atoms with van der Waals surface area (Å²) in [6.07, 6.45) is 1.07. The molecule has 6 heteroatoms.